The fourth-order valence-electron chi connectivity index (χ4n) is 3.21. The highest BCUT2D eigenvalue weighted by molar-refractivity contribution is 7.89. The zero-order valence-corrected chi connectivity index (χ0v) is 16.7. The van der Waals surface area contributed by atoms with Crippen LogP contribution in [-0.2, 0) is 21.0 Å². The van der Waals surface area contributed by atoms with Crippen LogP contribution in [0, 0.1) is 16.0 Å². The molecule has 0 saturated carbocycles. The van der Waals surface area contributed by atoms with Gasteiger partial charge in [-0.05, 0) is 37.1 Å². The minimum absolute atomic E-state index is 0.0241. The van der Waals surface area contributed by atoms with E-state index in [4.69, 9.17) is 0 Å². The molecule has 0 bridgehead atoms. The Morgan fingerprint density at radius 2 is 1.90 bits per heavy atom. The van der Waals surface area contributed by atoms with Crippen LogP contribution in [0.25, 0.3) is 0 Å². The van der Waals surface area contributed by atoms with Gasteiger partial charge in [-0.1, -0.05) is 6.07 Å². The minimum Gasteiger partial charge on any atom is -0.320 e. The highest BCUT2D eigenvalue weighted by atomic mass is 32.2. The van der Waals surface area contributed by atoms with Crippen LogP contribution in [0.2, 0.25) is 0 Å². The lowest BCUT2D eigenvalue weighted by molar-refractivity contribution is -0.384. The molecule has 1 aromatic carbocycles. The van der Waals surface area contributed by atoms with Crippen molar-refractivity contribution in [2.75, 3.05) is 18.4 Å². The first kappa shape index (κ1) is 22.6. The number of rotatable bonds is 5. The van der Waals surface area contributed by atoms with E-state index in [1.54, 1.807) is 0 Å². The number of carbonyl (C=O) groups excluding carboxylic acids is 1. The van der Waals surface area contributed by atoms with Crippen molar-refractivity contribution in [3.63, 3.8) is 0 Å². The Morgan fingerprint density at radius 3 is 2.52 bits per heavy atom. The average molecular weight is 458 g/mol. The SMILES string of the molecule is O=C(Nc1ccncc1[N+](=O)[O-])C1CCN(S(=O)(=O)c2cccc(C(F)(F)F)c2)CC1. The Morgan fingerprint density at radius 1 is 1.23 bits per heavy atom. The summed E-state index contributed by atoms with van der Waals surface area (Å²) in [4.78, 5) is 26.0. The zero-order valence-electron chi connectivity index (χ0n) is 15.9. The summed E-state index contributed by atoms with van der Waals surface area (Å²) in [5, 5.41) is 13.5. The fraction of sp³-hybridized carbons (Fsp3) is 0.333. The van der Waals surface area contributed by atoms with Crippen molar-refractivity contribution in [2.24, 2.45) is 5.92 Å². The number of hydrogen-bond acceptors (Lipinski definition) is 6. The number of aromatic nitrogens is 1. The summed E-state index contributed by atoms with van der Waals surface area (Å²) < 4.78 is 65.2. The summed E-state index contributed by atoms with van der Waals surface area (Å²) in [6.45, 7) is -0.149. The molecule has 1 aliphatic rings. The Labute approximate surface area is 175 Å². The highest BCUT2D eigenvalue weighted by Crippen LogP contribution is 2.32. The van der Waals surface area contributed by atoms with Crippen molar-refractivity contribution < 1.29 is 31.3 Å². The molecule has 0 atom stereocenters. The van der Waals surface area contributed by atoms with E-state index in [9.17, 15) is 36.5 Å². The number of nitro groups is 1. The third kappa shape index (κ3) is 4.99. The monoisotopic (exact) mass is 458 g/mol. The molecule has 3 rings (SSSR count). The van der Waals surface area contributed by atoms with E-state index < -0.39 is 43.4 Å². The van der Waals surface area contributed by atoms with E-state index >= 15 is 0 Å². The van der Waals surface area contributed by atoms with E-state index in [0.717, 1.165) is 28.7 Å². The van der Waals surface area contributed by atoms with Crippen LogP contribution >= 0.6 is 0 Å². The quantitative estimate of drug-likeness (QED) is 0.543. The maximum atomic E-state index is 12.9. The van der Waals surface area contributed by atoms with Crippen molar-refractivity contribution in [3.8, 4) is 0 Å². The zero-order chi connectivity index (χ0) is 22.8. The van der Waals surface area contributed by atoms with Crippen molar-refractivity contribution in [3.05, 3.63) is 58.4 Å². The van der Waals surface area contributed by atoms with Gasteiger partial charge in [0.2, 0.25) is 15.9 Å². The molecule has 1 amide bonds. The first-order valence-electron chi connectivity index (χ1n) is 9.07. The lowest BCUT2D eigenvalue weighted by atomic mass is 9.97. The number of nitrogens with zero attached hydrogens (tertiary/aromatic N) is 3. The molecule has 0 radical (unpaired) electrons. The maximum absolute atomic E-state index is 12.9. The number of benzene rings is 1. The van der Waals surface area contributed by atoms with E-state index in [2.05, 4.69) is 10.3 Å². The number of anilines is 1. The molecular formula is C18H17F3N4O5S. The standard InChI is InChI=1S/C18H17F3N4O5S/c19-18(20,21)13-2-1-3-14(10-13)31(29,30)24-8-5-12(6-9-24)17(26)23-15-4-7-22-11-16(15)25(27)28/h1-4,7,10-12H,5-6,8-9H2,(H,22,23,26). The van der Waals surface area contributed by atoms with Gasteiger partial charge in [-0.3, -0.25) is 19.9 Å². The number of sulfonamides is 1. The summed E-state index contributed by atoms with van der Waals surface area (Å²) in [7, 11) is -4.17. The smallest absolute Gasteiger partial charge is 0.320 e. The second-order valence-corrected chi connectivity index (χ2v) is 8.78. The normalized spacial score (nSPS) is 16.1. The van der Waals surface area contributed by atoms with Crippen LogP contribution < -0.4 is 5.32 Å². The lowest BCUT2D eigenvalue weighted by Gasteiger charge is -2.30. The first-order chi connectivity index (χ1) is 14.5. The van der Waals surface area contributed by atoms with Crippen LogP contribution in [0.1, 0.15) is 18.4 Å². The summed E-state index contributed by atoms with van der Waals surface area (Å²) in [5.41, 5.74) is -1.47. The molecular weight excluding hydrogens is 441 g/mol. The minimum atomic E-state index is -4.67. The Bertz CT molecular complexity index is 1100. The lowest BCUT2D eigenvalue weighted by Crippen LogP contribution is -2.41. The maximum Gasteiger partial charge on any atom is 0.416 e. The second-order valence-electron chi connectivity index (χ2n) is 6.84. The summed E-state index contributed by atoms with van der Waals surface area (Å²) in [6, 6.07) is 4.76. The molecule has 1 N–H and O–H groups in total. The van der Waals surface area contributed by atoms with Gasteiger partial charge in [0, 0.05) is 25.2 Å². The van der Waals surface area contributed by atoms with E-state index in [1.807, 2.05) is 0 Å². The molecule has 2 aromatic rings. The third-order valence-electron chi connectivity index (χ3n) is 4.88. The van der Waals surface area contributed by atoms with Gasteiger partial charge in [-0.25, -0.2) is 8.42 Å². The molecule has 0 unspecified atom stereocenters. The molecule has 13 heteroatoms. The molecule has 0 spiro atoms. The Balaban J connectivity index is 1.68. The number of alkyl halides is 3. The van der Waals surface area contributed by atoms with Gasteiger partial charge in [0.1, 0.15) is 11.9 Å². The number of amides is 1. The van der Waals surface area contributed by atoms with Crippen LogP contribution in [-0.4, -0.2) is 41.6 Å². The third-order valence-corrected chi connectivity index (χ3v) is 6.77. The molecule has 0 aliphatic carbocycles. The van der Waals surface area contributed by atoms with Crippen LogP contribution in [0.15, 0.2) is 47.6 Å². The van der Waals surface area contributed by atoms with Crippen LogP contribution in [0.4, 0.5) is 24.5 Å². The summed E-state index contributed by atoms with van der Waals surface area (Å²) in [6.07, 6.45) is -2.16. The number of nitrogens with one attached hydrogen (secondary N) is 1. The van der Waals surface area contributed by atoms with Gasteiger partial charge in [0.15, 0.2) is 0 Å². The van der Waals surface area contributed by atoms with Gasteiger partial charge < -0.3 is 5.32 Å². The Hall–Kier alpha value is -3.06. The molecule has 31 heavy (non-hydrogen) atoms. The van der Waals surface area contributed by atoms with Crippen molar-refractivity contribution in [2.45, 2.75) is 23.9 Å². The van der Waals surface area contributed by atoms with Gasteiger partial charge in [0.05, 0.1) is 15.4 Å². The van der Waals surface area contributed by atoms with Crippen LogP contribution in [0.3, 0.4) is 0 Å². The van der Waals surface area contributed by atoms with Gasteiger partial charge in [-0.2, -0.15) is 17.5 Å². The molecule has 9 nitrogen and oxygen atoms in total. The van der Waals surface area contributed by atoms with E-state index in [1.165, 1.54) is 12.3 Å². The summed E-state index contributed by atoms with van der Waals surface area (Å²) >= 11 is 0. The van der Waals surface area contributed by atoms with Gasteiger partial charge in [0.25, 0.3) is 0 Å². The van der Waals surface area contributed by atoms with E-state index in [0.29, 0.717) is 6.07 Å². The van der Waals surface area contributed by atoms with Crippen molar-refractivity contribution >= 4 is 27.3 Å². The van der Waals surface area contributed by atoms with Crippen molar-refractivity contribution in [1.29, 1.82) is 0 Å². The second kappa shape index (κ2) is 8.59. The number of carbonyl (C=O) groups is 1. The number of hydrogen-bond donors (Lipinski definition) is 1. The van der Waals surface area contributed by atoms with Gasteiger partial charge >= 0.3 is 11.9 Å². The molecule has 1 saturated heterocycles. The number of pyridine rings is 1. The van der Waals surface area contributed by atoms with Gasteiger partial charge in [-0.15, -0.1) is 0 Å². The molecule has 166 valence electrons. The number of halogens is 3. The average Bonchev–Trinajstić information content (AvgIpc) is 2.73. The van der Waals surface area contributed by atoms with Crippen molar-refractivity contribution in [1.82, 2.24) is 9.29 Å². The van der Waals surface area contributed by atoms with E-state index in [-0.39, 0.29) is 37.3 Å². The molecule has 2 heterocycles. The topological polar surface area (TPSA) is 123 Å². The number of piperidine rings is 1. The largest absolute Gasteiger partial charge is 0.416 e. The molecule has 1 aromatic heterocycles. The molecule has 1 aliphatic heterocycles. The Kier molecular flexibility index (Phi) is 6.27. The van der Waals surface area contributed by atoms with Crippen LogP contribution in [0.5, 0.6) is 0 Å². The molecule has 1 fully saturated rings. The summed E-state index contributed by atoms with van der Waals surface area (Å²) in [5.74, 6) is -1.12. The highest BCUT2D eigenvalue weighted by Gasteiger charge is 2.35. The fourth-order valence-corrected chi connectivity index (χ4v) is 4.73. The first-order valence-corrected chi connectivity index (χ1v) is 10.5. The predicted molar refractivity (Wildman–Crippen MR) is 102 cm³/mol. The predicted octanol–water partition coefficient (Wildman–Crippen LogP) is 3.05.